The van der Waals surface area contributed by atoms with Gasteiger partial charge >= 0.3 is 0 Å². The summed E-state index contributed by atoms with van der Waals surface area (Å²) in [7, 11) is 0. The van der Waals surface area contributed by atoms with Gasteiger partial charge in [-0.1, -0.05) is 48.9 Å². The molecule has 7 nitrogen and oxygen atoms in total. The normalized spacial score (nSPS) is 16.5. The number of rotatable bonds is 7. The van der Waals surface area contributed by atoms with E-state index in [0.717, 1.165) is 47.8 Å². The lowest BCUT2D eigenvalue weighted by Gasteiger charge is -2.22. The van der Waals surface area contributed by atoms with Gasteiger partial charge in [0.05, 0.1) is 6.20 Å². The van der Waals surface area contributed by atoms with Gasteiger partial charge < -0.3 is 9.88 Å². The first kappa shape index (κ1) is 22.6. The van der Waals surface area contributed by atoms with E-state index in [1.54, 1.807) is 6.20 Å². The van der Waals surface area contributed by atoms with Crippen LogP contribution < -0.4 is 10.9 Å². The number of benzene rings is 2. The number of hydrogen-bond donors (Lipinski definition) is 1. The van der Waals surface area contributed by atoms with Crippen LogP contribution in [0.25, 0.3) is 21.8 Å². The zero-order valence-corrected chi connectivity index (χ0v) is 20.0. The summed E-state index contributed by atoms with van der Waals surface area (Å²) >= 11 is 6.20. The molecular weight excluding hydrogens is 450 g/mol. The minimum absolute atomic E-state index is 0.105. The average molecular weight is 478 g/mol. The van der Waals surface area contributed by atoms with Crippen molar-refractivity contribution in [1.29, 1.82) is 0 Å². The molecule has 1 aliphatic rings. The van der Waals surface area contributed by atoms with E-state index in [9.17, 15) is 9.59 Å². The number of likely N-dealkylation sites (tertiary alicyclic amines) is 1. The summed E-state index contributed by atoms with van der Waals surface area (Å²) < 4.78 is 3.25. The highest BCUT2D eigenvalue weighted by Crippen LogP contribution is 2.27. The molecule has 0 aliphatic carbocycles. The largest absolute Gasteiger partial charge is 0.353 e. The fraction of sp³-hybridized carbons (Fsp3) is 0.346. The second-order valence-electron chi connectivity index (χ2n) is 8.83. The van der Waals surface area contributed by atoms with E-state index in [-0.39, 0.29) is 18.0 Å². The van der Waals surface area contributed by atoms with Crippen molar-refractivity contribution in [3.63, 3.8) is 0 Å². The number of nitrogens with zero attached hydrogens (tertiary/aromatic N) is 4. The van der Waals surface area contributed by atoms with E-state index < -0.39 is 0 Å². The van der Waals surface area contributed by atoms with Crippen LogP contribution in [-0.4, -0.2) is 50.8 Å². The summed E-state index contributed by atoms with van der Waals surface area (Å²) in [6, 6.07) is 15.9. The molecule has 0 saturated carbocycles. The summed E-state index contributed by atoms with van der Waals surface area (Å²) in [6.45, 7) is 5.18. The van der Waals surface area contributed by atoms with Gasteiger partial charge in [0, 0.05) is 40.4 Å². The average Bonchev–Trinajstić information content (AvgIpc) is 3.42. The van der Waals surface area contributed by atoms with Gasteiger partial charge in [-0.25, -0.2) is 4.68 Å². The van der Waals surface area contributed by atoms with Gasteiger partial charge in [0.2, 0.25) is 5.91 Å². The van der Waals surface area contributed by atoms with Crippen molar-refractivity contribution < 1.29 is 4.79 Å². The number of para-hydroxylation sites is 1. The molecule has 5 rings (SSSR count). The standard InChI is InChI=1S/C26H28ClN5O2/c1-2-30-12-6-9-20(30)14-28-24(33)17-32-26(34)25-22(15-29-32)21-10-3-4-11-23(21)31(25)16-18-7-5-8-19(27)13-18/h3-5,7-8,10-11,13,15,20H,2,6,9,12,14,16-17H2,1H3,(H,28,33). The molecule has 176 valence electrons. The van der Waals surface area contributed by atoms with Crippen molar-refractivity contribution in [2.75, 3.05) is 19.6 Å². The molecule has 34 heavy (non-hydrogen) atoms. The van der Waals surface area contributed by atoms with Crippen molar-refractivity contribution in [2.45, 2.75) is 38.9 Å². The molecule has 0 bridgehead atoms. The summed E-state index contributed by atoms with van der Waals surface area (Å²) in [5.41, 5.74) is 2.20. The Morgan fingerprint density at radius 1 is 1.18 bits per heavy atom. The van der Waals surface area contributed by atoms with Crippen LogP contribution >= 0.6 is 11.6 Å². The van der Waals surface area contributed by atoms with Crippen LogP contribution in [0.5, 0.6) is 0 Å². The maximum absolute atomic E-state index is 13.5. The van der Waals surface area contributed by atoms with E-state index in [4.69, 9.17) is 11.6 Å². The number of likely N-dealkylation sites (N-methyl/N-ethyl adjacent to an activating group) is 1. The fourth-order valence-corrected chi connectivity index (χ4v) is 5.27. The molecule has 0 radical (unpaired) electrons. The van der Waals surface area contributed by atoms with E-state index in [1.165, 1.54) is 4.68 Å². The summed E-state index contributed by atoms with van der Waals surface area (Å²) in [5, 5.41) is 9.73. The number of aromatic nitrogens is 3. The van der Waals surface area contributed by atoms with E-state index in [0.29, 0.717) is 29.7 Å². The molecule has 1 N–H and O–H groups in total. The van der Waals surface area contributed by atoms with Crippen molar-refractivity contribution >= 4 is 39.3 Å². The molecule has 2 aromatic heterocycles. The first-order valence-corrected chi connectivity index (χ1v) is 12.1. The SMILES string of the molecule is CCN1CCCC1CNC(=O)Cn1ncc2c3ccccc3n(Cc3cccc(Cl)c3)c2c1=O. The third-order valence-electron chi connectivity index (χ3n) is 6.74. The molecular formula is C26H28ClN5O2. The Labute approximate surface area is 202 Å². The van der Waals surface area contributed by atoms with Crippen LogP contribution in [0, 0.1) is 0 Å². The van der Waals surface area contributed by atoms with Gasteiger partial charge in [-0.3, -0.25) is 14.5 Å². The Balaban J connectivity index is 1.46. The lowest BCUT2D eigenvalue weighted by atomic mass is 10.2. The Bertz CT molecular complexity index is 1410. The molecule has 2 aromatic carbocycles. The summed E-state index contributed by atoms with van der Waals surface area (Å²) in [5.74, 6) is -0.200. The summed E-state index contributed by atoms with van der Waals surface area (Å²) in [6.07, 6.45) is 3.93. The minimum Gasteiger partial charge on any atom is -0.353 e. The van der Waals surface area contributed by atoms with Gasteiger partial charge in [-0.05, 0) is 49.7 Å². The van der Waals surface area contributed by atoms with Gasteiger partial charge in [-0.2, -0.15) is 5.10 Å². The maximum Gasteiger partial charge on any atom is 0.291 e. The van der Waals surface area contributed by atoms with Crippen LogP contribution in [0.2, 0.25) is 5.02 Å². The van der Waals surface area contributed by atoms with Crippen LogP contribution in [-0.2, 0) is 17.9 Å². The molecule has 0 spiro atoms. The predicted molar refractivity (Wildman–Crippen MR) is 135 cm³/mol. The predicted octanol–water partition coefficient (Wildman–Crippen LogP) is 3.65. The zero-order chi connectivity index (χ0) is 23.7. The van der Waals surface area contributed by atoms with Crippen LogP contribution in [0.15, 0.2) is 59.5 Å². The first-order chi connectivity index (χ1) is 16.5. The highest BCUT2D eigenvalue weighted by Gasteiger charge is 2.23. The molecule has 4 aromatic rings. The lowest BCUT2D eigenvalue weighted by molar-refractivity contribution is -0.122. The molecule has 1 saturated heterocycles. The molecule has 1 amide bonds. The first-order valence-electron chi connectivity index (χ1n) is 11.8. The molecule has 3 heterocycles. The lowest BCUT2D eigenvalue weighted by Crippen LogP contribution is -2.42. The number of halogens is 1. The summed E-state index contributed by atoms with van der Waals surface area (Å²) in [4.78, 5) is 28.6. The fourth-order valence-electron chi connectivity index (χ4n) is 5.05. The number of nitrogens with one attached hydrogen (secondary N) is 1. The van der Waals surface area contributed by atoms with Gasteiger partial charge in [-0.15, -0.1) is 0 Å². The van der Waals surface area contributed by atoms with Crippen molar-refractivity contribution in [3.05, 3.63) is 75.7 Å². The molecule has 1 fully saturated rings. The van der Waals surface area contributed by atoms with Gasteiger partial charge in [0.1, 0.15) is 12.1 Å². The van der Waals surface area contributed by atoms with Crippen LogP contribution in [0.3, 0.4) is 0 Å². The zero-order valence-electron chi connectivity index (χ0n) is 19.2. The highest BCUT2D eigenvalue weighted by atomic mass is 35.5. The van der Waals surface area contributed by atoms with Crippen molar-refractivity contribution in [3.8, 4) is 0 Å². The molecule has 1 unspecified atom stereocenters. The van der Waals surface area contributed by atoms with Crippen molar-refractivity contribution in [1.82, 2.24) is 24.6 Å². The minimum atomic E-state index is -0.276. The van der Waals surface area contributed by atoms with Crippen molar-refractivity contribution in [2.24, 2.45) is 0 Å². The number of carbonyl (C=O) groups is 1. The monoisotopic (exact) mass is 477 g/mol. The maximum atomic E-state index is 13.5. The molecule has 1 atom stereocenters. The number of hydrogen-bond acceptors (Lipinski definition) is 4. The second-order valence-corrected chi connectivity index (χ2v) is 9.27. The second kappa shape index (κ2) is 9.60. The van der Waals surface area contributed by atoms with E-state index in [1.807, 2.05) is 53.1 Å². The molecule has 8 heteroatoms. The Morgan fingerprint density at radius 3 is 2.85 bits per heavy atom. The Kier molecular flexibility index (Phi) is 6.39. The third kappa shape index (κ3) is 4.33. The number of carbonyl (C=O) groups excluding carboxylic acids is 1. The van der Waals surface area contributed by atoms with E-state index in [2.05, 4.69) is 22.2 Å². The number of fused-ring (bicyclic) bond motifs is 3. The topological polar surface area (TPSA) is 72.2 Å². The molecule has 1 aliphatic heterocycles. The van der Waals surface area contributed by atoms with E-state index >= 15 is 0 Å². The Morgan fingerprint density at radius 2 is 2.03 bits per heavy atom. The quantitative estimate of drug-likeness (QED) is 0.441. The van der Waals surface area contributed by atoms with Crippen LogP contribution in [0.1, 0.15) is 25.3 Å². The van der Waals surface area contributed by atoms with Crippen LogP contribution in [0.4, 0.5) is 0 Å². The highest BCUT2D eigenvalue weighted by molar-refractivity contribution is 6.30. The van der Waals surface area contributed by atoms with Gasteiger partial charge in [0.15, 0.2) is 0 Å². The number of amides is 1. The Hall–Kier alpha value is -3.16. The van der Waals surface area contributed by atoms with Gasteiger partial charge in [0.25, 0.3) is 5.56 Å². The smallest absolute Gasteiger partial charge is 0.291 e. The third-order valence-corrected chi connectivity index (χ3v) is 6.97.